The van der Waals surface area contributed by atoms with E-state index in [0.717, 1.165) is 10.5 Å². The van der Waals surface area contributed by atoms with E-state index >= 15 is 0 Å². The van der Waals surface area contributed by atoms with Crippen molar-refractivity contribution in [2.75, 3.05) is 5.73 Å². The van der Waals surface area contributed by atoms with Gasteiger partial charge in [-0.15, -0.1) is 0 Å². The maximum atomic E-state index is 12.4. The third kappa shape index (κ3) is 2.44. The molecule has 0 amide bonds. The summed E-state index contributed by atoms with van der Waals surface area (Å²) < 4.78 is 18.0. The molecule has 0 aliphatic carbocycles. The highest BCUT2D eigenvalue weighted by Crippen LogP contribution is 2.21. The van der Waals surface area contributed by atoms with Crippen LogP contribution in [0, 0.1) is 6.92 Å². The zero-order valence-corrected chi connectivity index (χ0v) is 11.8. The molecule has 0 spiro atoms. The van der Waals surface area contributed by atoms with Gasteiger partial charge in [-0.2, -0.15) is 0 Å². The van der Waals surface area contributed by atoms with Crippen LogP contribution in [-0.2, 0) is 16.6 Å². The number of benzene rings is 2. The second-order valence-electron chi connectivity index (χ2n) is 4.59. The molecule has 102 valence electrons. The summed E-state index contributed by atoms with van der Waals surface area (Å²) in [7, 11) is -1.17. The lowest BCUT2D eigenvalue weighted by atomic mass is 10.2. The van der Waals surface area contributed by atoms with Crippen LogP contribution in [0.15, 0.2) is 51.8 Å². The molecular formula is C15H14N2O2S. The molecule has 0 bridgehead atoms. The number of nitrogens with zero attached hydrogens (tertiary/aromatic N) is 1. The van der Waals surface area contributed by atoms with Gasteiger partial charge in [0.25, 0.3) is 0 Å². The molecule has 0 aliphatic heterocycles. The number of nitrogens with two attached hydrogens (primary N) is 1. The van der Waals surface area contributed by atoms with Crippen LogP contribution in [0.3, 0.4) is 0 Å². The van der Waals surface area contributed by atoms with Crippen LogP contribution in [0.4, 0.5) is 5.69 Å². The highest BCUT2D eigenvalue weighted by atomic mass is 32.2. The average molecular weight is 286 g/mol. The lowest BCUT2D eigenvalue weighted by molar-refractivity contribution is 0.552. The number of hydrogen-bond donors (Lipinski definition) is 1. The summed E-state index contributed by atoms with van der Waals surface area (Å²) >= 11 is 0. The summed E-state index contributed by atoms with van der Waals surface area (Å²) in [5.41, 5.74) is 8.70. The number of rotatable bonds is 3. The van der Waals surface area contributed by atoms with Crippen LogP contribution < -0.4 is 5.73 Å². The first kappa shape index (κ1) is 12.9. The molecule has 20 heavy (non-hydrogen) atoms. The first-order valence-electron chi connectivity index (χ1n) is 6.22. The summed E-state index contributed by atoms with van der Waals surface area (Å²) in [5.74, 6) is 0.728. The van der Waals surface area contributed by atoms with E-state index in [1.54, 1.807) is 18.2 Å². The number of aromatic nitrogens is 1. The third-order valence-electron chi connectivity index (χ3n) is 3.05. The smallest absolute Gasteiger partial charge is 0.208 e. The minimum Gasteiger partial charge on any atom is -0.440 e. The fourth-order valence-corrected chi connectivity index (χ4v) is 3.22. The van der Waals surface area contributed by atoms with Crippen LogP contribution in [-0.4, -0.2) is 9.19 Å². The Balaban J connectivity index is 1.89. The minimum atomic E-state index is -1.17. The molecule has 0 aliphatic rings. The van der Waals surface area contributed by atoms with Crippen molar-refractivity contribution in [3.63, 3.8) is 0 Å². The van der Waals surface area contributed by atoms with Crippen molar-refractivity contribution in [1.29, 1.82) is 0 Å². The highest BCUT2D eigenvalue weighted by Gasteiger charge is 2.12. The molecule has 5 heteroatoms. The molecule has 2 aromatic carbocycles. The van der Waals surface area contributed by atoms with Crippen molar-refractivity contribution >= 4 is 27.6 Å². The van der Waals surface area contributed by atoms with Crippen molar-refractivity contribution in [1.82, 2.24) is 4.98 Å². The van der Waals surface area contributed by atoms with E-state index in [-0.39, 0.29) is 5.75 Å². The van der Waals surface area contributed by atoms with Crippen molar-refractivity contribution in [2.24, 2.45) is 0 Å². The van der Waals surface area contributed by atoms with E-state index in [1.807, 2.05) is 31.2 Å². The standard InChI is InChI=1S/C15H14N2O2S/c1-10-4-2-3-5-14(10)20(18)9-15-17-12-8-11(16)6-7-13(12)19-15/h2-8H,9,16H2,1H3. The van der Waals surface area contributed by atoms with Crippen LogP contribution in [0.25, 0.3) is 11.1 Å². The molecule has 1 heterocycles. The lowest BCUT2D eigenvalue weighted by Gasteiger charge is -2.02. The van der Waals surface area contributed by atoms with Gasteiger partial charge >= 0.3 is 0 Å². The summed E-state index contributed by atoms with van der Waals surface area (Å²) in [5, 5.41) is 0. The topological polar surface area (TPSA) is 69.1 Å². The zero-order valence-electron chi connectivity index (χ0n) is 11.0. The molecule has 0 fully saturated rings. The molecule has 3 rings (SSSR count). The van der Waals surface area contributed by atoms with Gasteiger partial charge in [0.2, 0.25) is 5.89 Å². The van der Waals surface area contributed by atoms with Crippen LogP contribution >= 0.6 is 0 Å². The molecule has 1 aromatic heterocycles. The zero-order chi connectivity index (χ0) is 14.1. The number of nitrogen functional groups attached to an aromatic ring is 1. The Morgan fingerprint density at radius 1 is 1.25 bits per heavy atom. The van der Waals surface area contributed by atoms with Gasteiger partial charge in [-0.05, 0) is 36.8 Å². The van der Waals surface area contributed by atoms with E-state index in [1.165, 1.54) is 0 Å². The van der Waals surface area contributed by atoms with E-state index in [4.69, 9.17) is 10.2 Å². The maximum Gasteiger partial charge on any atom is 0.208 e. The summed E-state index contributed by atoms with van der Waals surface area (Å²) in [4.78, 5) is 5.14. The van der Waals surface area contributed by atoms with E-state index < -0.39 is 10.8 Å². The average Bonchev–Trinajstić information content (AvgIpc) is 2.80. The van der Waals surface area contributed by atoms with Gasteiger partial charge in [-0.25, -0.2) is 4.98 Å². The number of fused-ring (bicyclic) bond motifs is 1. The summed E-state index contributed by atoms with van der Waals surface area (Å²) in [6, 6.07) is 12.9. The molecule has 1 atom stereocenters. The van der Waals surface area contributed by atoms with Crippen molar-refractivity contribution in [3.05, 3.63) is 53.9 Å². The summed E-state index contributed by atoms with van der Waals surface area (Å²) in [6.45, 7) is 1.94. The quantitative estimate of drug-likeness (QED) is 0.751. The molecule has 0 saturated heterocycles. The van der Waals surface area contributed by atoms with Gasteiger partial charge < -0.3 is 10.2 Å². The van der Waals surface area contributed by atoms with Gasteiger partial charge in [-0.1, -0.05) is 18.2 Å². The van der Waals surface area contributed by atoms with Crippen molar-refractivity contribution < 1.29 is 8.63 Å². The molecule has 0 radical (unpaired) electrons. The monoisotopic (exact) mass is 286 g/mol. The third-order valence-corrected chi connectivity index (χ3v) is 4.51. The first-order valence-corrected chi connectivity index (χ1v) is 7.54. The molecule has 4 nitrogen and oxygen atoms in total. The van der Waals surface area contributed by atoms with Crippen LogP contribution in [0.1, 0.15) is 11.5 Å². The lowest BCUT2D eigenvalue weighted by Crippen LogP contribution is -1.98. The molecule has 1 unspecified atom stereocenters. The largest absolute Gasteiger partial charge is 0.440 e. The Morgan fingerprint density at radius 3 is 2.85 bits per heavy atom. The molecule has 0 saturated carbocycles. The Bertz CT molecular complexity index is 795. The second kappa shape index (κ2) is 5.09. The van der Waals surface area contributed by atoms with Crippen LogP contribution in [0.5, 0.6) is 0 Å². The van der Waals surface area contributed by atoms with Gasteiger partial charge in [0.05, 0.1) is 10.8 Å². The van der Waals surface area contributed by atoms with Gasteiger partial charge in [0.1, 0.15) is 11.3 Å². The Hall–Kier alpha value is -2.14. The predicted octanol–water partition coefficient (Wildman–Crippen LogP) is 3.03. The van der Waals surface area contributed by atoms with Gasteiger partial charge in [0, 0.05) is 10.6 Å². The normalized spacial score (nSPS) is 12.7. The van der Waals surface area contributed by atoms with Crippen LogP contribution in [0.2, 0.25) is 0 Å². The fraction of sp³-hybridized carbons (Fsp3) is 0.133. The van der Waals surface area contributed by atoms with Gasteiger partial charge in [-0.3, -0.25) is 4.21 Å². The minimum absolute atomic E-state index is 0.263. The molecule has 3 aromatic rings. The van der Waals surface area contributed by atoms with E-state index in [0.29, 0.717) is 22.7 Å². The predicted molar refractivity (Wildman–Crippen MR) is 79.7 cm³/mol. The van der Waals surface area contributed by atoms with Crippen molar-refractivity contribution in [3.8, 4) is 0 Å². The fourth-order valence-electron chi connectivity index (χ4n) is 2.06. The Morgan fingerprint density at radius 2 is 2.05 bits per heavy atom. The first-order chi connectivity index (χ1) is 9.63. The highest BCUT2D eigenvalue weighted by molar-refractivity contribution is 7.84. The maximum absolute atomic E-state index is 12.4. The van der Waals surface area contributed by atoms with Gasteiger partial charge in [0.15, 0.2) is 5.58 Å². The summed E-state index contributed by atoms with van der Waals surface area (Å²) in [6.07, 6.45) is 0. The van der Waals surface area contributed by atoms with E-state index in [9.17, 15) is 4.21 Å². The number of aryl methyl sites for hydroxylation is 1. The number of anilines is 1. The number of oxazole rings is 1. The number of hydrogen-bond acceptors (Lipinski definition) is 4. The SMILES string of the molecule is Cc1ccccc1S(=O)Cc1nc2cc(N)ccc2o1. The Kier molecular flexibility index (Phi) is 3.28. The molecular weight excluding hydrogens is 272 g/mol. The van der Waals surface area contributed by atoms with Crippen molar-refractivity contribution in [2.45, 2.75) is 17.6 Å². The second-order valence-corrected chi connectivity index (χ2v) is 6.01. The van der Waals surface area contributed by atoms with E-state index in [2.05, 4.69) is 4.98 Å². The molecule has 2 N–H and O–H groups in total. The Labute approximate surface area is 119 Å².